The predicted octanol–water partition coefficient (Wildman–Crippen LogP) is 6.20. The number of hydrogen-bond acceptors (Lipinski definition) is 2. The van der Waals surface area contributed by atoms with Crippen molar-refractivity contribution in [1.82, 2.24) is 0 Å². The Kier molecular flexibility index (Phi) is 9.45. The molecule has 0 aliphatic heterocycles. The maximum atomic E-state index is 13.7. The molecule has 1 aromatic carbocycles. The molecule has 2 nitrogen and oxygen atoms in total. The summed E-state index contributed by atoms with van der Waals surface area (Å²) in [5.41, 5.74) is 0.603. The number of ether oxygens (including phenoxy) is 2. The van der Waals surface area contributed by atoms with Gasteiger partial charge < -0.3 is 9.47 Å². The number of unbranched alkanes of at least 4 members (excludes halogenated alkanes) is 5. The molecule has 0 saturated heterocycles. The van der Waals surface area contributed by atoms with Gasteiger partial charge in [0.2, 0.25) is 0 Å². The molecule has 1 atom stereocenters. The quantitative estimate of drug-likeness (QED) is 0.333. The summed E-state index contributed by atoms with van der Waals surface area (Å²) in [6, 6.07) is 3.69. The zero-order valence-electron chi connectivity index (χ0n) is 15.5. The van der Waals surface area contributed by atoms with E-state index in [1.807, 2.05) is 6.92 Å². The van der Waals surface area contributed by atoms with Crippen LogP contribution in [-0.2, 0) is 9.47 Å². The van der Waals surface area contributed by atoms with Gasteiger partial charge in [0.25, 0.3) is 0 Å². The largest absolute Gasteiger partial charge is 0.353 e. The maximum Gasteiger partial charge on any atom is 0.174 e. The van der Waals surface area contributed by atoms with Crippen LogP contribution in [0.4, 0.5) is 8.78 Å². The minimum Gasteiger partial charge on any atom is -0.353 e. The fourth-order valence-electron chi connectivity index (χ4n) is 3.45. The van der Waals surface area contributed by atoms with Crippen LogP contribution in [0.15, 0.2) is 18.2 Å². The standard InChI is InChI=1S/C20H32F2O2/c1-5-7-8-9-10-11-12-19(20(6-2,23-3)24-4)16-13-17(21)15-18(22)14-16/h13-15,19H,5-12H2,1-4H3. The van der Waals surface area contributed by atoms with Crippen LogP contribution in [0.5, 0.6) is 0 Å². The van der Waals surface area contributed by atoms with Gasteiger partial charge in [-0.25, -0.2) is 8.78 Å². The average Bonchev–Trinajstić information content (AvgIpc) is 2.57. The van der Waals surface area contributed by atoms with E-state index in [-0.39, 0.29) is 5.92 Å². The lowest BCUT2D eigenvalue weighted by molar-refractivity contribution is -0.225. The van der Waals surface area contributed by atoms with Crippen molar-refractivity contribution in [3.8, 4) is 0 Å². The first-order valence-corrected chi connectivity index (χ1v) is 9.09. The Morgan fingerprint density at radius 1 is 0.875 bits per heavy atom. The van der Waals surface area contributed by atoms with E-state index in [0.717, 1.165) is 25.3 Å². The van der Waals surface area contributed by atoms with Crippen molar-refractivity contribution in [1.29, 1.82) is 0 Å². The summed E-state index contributed by atoms with van der Waals surface area (Å²) < 4.78 is 38.7. The summed E-state index contributed by atoms with van der Waals surface area (Å²) in [5.74, 6) is -2.18. The summed E-state index contributed by atoms with van der Waals surface area (Å²) in [6.45, 7) is 4.16. The van der Waals surface area contributed by atoms with Gasteiger partial charge in [-0.2, -0.15) is 0 Å². The molecule has 0 aliphatic rings. The molecule has 138 valence electrons. The van der Waals surface area contributed by atoms with Gasteiger partial charge >= 0.3 is 0 Å². The van der Waals surface area contributed by atoms with Crippen molar-refractivity contribution >= 4 is 0 Å². The summed E-state index contributed by atoms with van der Waals surface area (Å²) in [7, 11) is 3.19. The highest BCUT2D eigenvalue weighted by Gasteiger charge is 2.38. The number of methoxy groups -OCH3 is 2. The normalized spacial score (nSPS) is 13.2. The van der Waals surface area contributed by atoms with E-state index >= 15 is 0 Å². The molecule has 0 fully saturated rings. The SMILES string of the molecule is CCCCCCCCC(c1cc(F)cc(F)c1)C(CC)(OC)OC. The summed E-state index contributed by atoms with van der Waals surface area (Å²) >= 11 is 0. The highest BCUT2D eigenvalue weighted by Crippen LogP contribution is 2.39. The fourth-order valence-corrected chi connectivity index (χ4v) is 3.45. The van der Waals surface area contributed by atoms with Crippen LogP contribution in [-0.4, -0.2) is 20.0 Å². The van der Waals surface area contributed by atoms with Crippen molar-refractivity contribution in [3.63, 3.8) is 0 Å². The number of benzene rings is 1. The van der Waals surface area contributed by atoms with Crippen LogP contribution >= 0.6 is 0 Å². The van der Waals surface area contributed by atoms with E-state index in [0.29, 0.717) is 12.0 Å². The van der Waals surface area contributed by atoms with Gasteiger partial charge in [0.1, 0.15) is 11.6 Å². The monoisotopic (exact) mass is 342 g/mol. The van der Waals surface area contributed by atoms with E-state index in [2.05, 4.69) is 6.92 Å². The Morgan fingerprint density at radius 2 is 1.42 bits per heavy atom. The van der Waals surface area contributed by atoms with Gasteiger partial charge in [-0.05, 0) is 30.5 Å². The molecule has 0 aliphatic carbocycles. The van der Waals surface area contributed by atoms with Gasteiger partial charge in [-0.15, -0.1) is 0 Å². The van der Waals surface area contributed by atoms with Crippen molar-refractivity contribution in [2.24, 2.45) is 0 Å². The van der Waals surface area contributed by atoms with E-state index in [9.17, 15) is 8.78 Å². The third kappa shape index (κ3) is 5.82. The Balaban J connectivity index is 2.91. The lowest BCUT2D eigenvalue weighted by atomic mass is 9.84. The minimum atomic E-state index is -0.857. The molecule has 0 N–H and O–H groups in total. The Bertz CT molecular complexity index is 444. The molecule has 0 amide bonds. The molecule has 0 radical (unpaired) electrons. The van der Waals surface area contributed by atoms with Crippen molar-refractivity contribution in [2.45, 2.75) is 76.9 Å². The van der Waals surface area contributed by atoms with Crippen LogP contribution in [0.1, 0.15) is 76.7 Å². The molecule has 0 aromatic heterocycles. The van der Waals surface area contributed by atoms with Gasteiger partial charge in [0.15, 0.2) is 5.79 Å². The summed E-state index contributed by atoms with van der Waals surface area (Å²) in [4.78, 5) is 0. The lowest BCUT2D eigenvalue weighted by Gasteiger charge is -2.38. The molecular weight excluding hydrogens is 310 g/mol. The molecule has 1 unspecified atom stereocenters. The van der Waals surface area contributed by atoms with Gasteiger partial charge in [-0.1, -0.05) is 52.4 Å². The number of rotatable bonds is 12. The van der Waals surface area contributed by atoms with E-state index in [4.69, 9.17) is 9.47 Å². The maximum absolute atomic E-state index is 13.7. The molecule has 24 heavy (non-hydrogen) atoms. The highest BCUT2D eigenvalue weighted by molar-refractivity contribution is 5.24. The molecular formula is C20H32F2O2. The Hall–Kier alpha value is -1.00. The van der Waals surface area contributed by atoms with Crippen molar-refractivity contribution < 1.29 is 18.3 Å². The first-order valence-electron chi connectivity index (χ1n) is 9.09. The van der Waals surface area contributed by atoms with Crippen LogP contribution in [0.25, 0.3) is 0 Å². The zero-order chi connectivity index (χ0) is 18.0. The first kappa shape index (κ1) is 21.0. The highest BCUT2D eigenvalue weighted by atomic mass is 19.1. The summed E-state index contributed by atoms with van der Waals surface area (Å²) in [6.07, 6.45) is 8.40. The molecule has 0 heterocycles. The number of hydrogen-bond donors (Lipinski definition) is 0. The van der Waals surface area contributed by atoms with Gasteiger partial charge in [-0.3, -0.25) is 0 Å². The molecule has 0 spiro atoms. The number of halogens is 2. The molecule has 4 heteroatoms. The average molecular weight is 342 g/mol. The second-order valence-electron chi connectivity index (χ2n) is 6.39. The lowest BCUT2D eigenvalue weighted by Crippen LogP contribution is -2.40. The molecule has 1 rings (SSSR count). The third-order valence-electron chi connectivity index (χ3n) is 4.85. The van der Waals surface area contributed by atoms with E-state index < -0.39 is 17.4 Å². The zero-order valence-corrected chi connectivity index (χ0v) is 15.5. The van der Waals surface area contributed by atoms with Gasteiger partial charge in [0, 0.05) is 26.2 Å². The topological polar surface area (TPSA) is 18.5 Å². The van der Waals surface area contributed by atoms with Crippen LogP contribution in [0.2, 0.25) is 0 Å². The van der Waals surface area contributed by atoms with Crippen LogP contribution < -0.4 is 0 Å². The second-order valence-corrected chi connectivity index (χ2v) is 6.39. The smallest absolute Gasteiger partial charge is 0.174 e. The predicted molar refractivity (Wildman–Crippen MR) is 94.1 cm³/mol. The molecule has 0 saturated carbocycles. The molecule has 0 bridgehead atoms. The Labute approximate surface area is 145 Å². The Morgan fingerprint density at radius 3 is 1.92 bits per heavy atom. The van der Waals surface area contributed by atoms with E-state index in [1.54, 1.807) is 14.2 Å². The van der Waals surface area contributed by atoms with Crippen LogP contribution in [0, 0.1) is 11.6 Å². The first-order chi connectivity index (χ1) is 11.5. The fraction of sp³-hybridized carbons (Fsp3) is 0.700. The van der Waals surface area contributed by atoms with Crippen LogP contribution in [0.3, 0.4) is 0 Å². The van der Waals surface area contributed by atoms with E-state index in [1.165, 1.54) is 37.8 Å². The summed E-state index contributed by atoms with van der Waals surface area (Å²) in [5, 5.41) is 0. The van der Waals surface area contributed by atoms with Crippen molar-refractivity contribution in [2.75, 3.05) is 14.2 Å². The third-order valence-corrected chi connectivity index (χ3v) is 4.85. The van der Waals surface area contributed by atoms with Gasteiger partial charge in [0.05, 0.1) is 0 Å². The van der Waals surface area contributed by atoms with Crippen molar-refractivity contribution in [3.05, 3.63) is 35.4 Å². The second kappa shape index (κ2) is 10.8. The minimum absolute atomic E-state index is 0.200. The molecule has 1 aromatic rings.